The van der Waals surface area contributed by atoms with Crippen LogP contribution in [-0.2, 0) is 6.54 Å². The maximum absolute atomic E-state index is 14.0. The fraction of sp³-hybridized carbons (Fsp3) is 0.357. The minimum atomic E-state index is -1.07. The van der Waals surface area contributed by atoms with Crippen LogP contribution in [0.5, 0.6) is 0 Å². The van der Waals surface area contributed by atoms with Gasteiger partial charge >= 0.3 is 0 Å². The van der Waals surface area contributed by atoms with Crippen molar-refractivity contribution in [3.63, 3.8) is 0 Å². The lowest BCUT2D eigenvalue weighted by molar-refractivity contribution is 0.200. The van der Waals surface area contributed by atoms with Crippen molar-refractivity contribution in [2.45, 2.75) is 12.6 Å². The number of aliphatic hydroxyl groups excluding tert-OH is 1. The van der Waals surface area contributed by atoms with Crippen LogP contribution in [0, 0.1) is 5.82 Å². The lowest BCUT2D eigenvalue weighted by atomic mass is 10.1. The molecule has 0 radical (unpaired) electrons. The zero-order valence-corrected chi connectivity index (χ0v) is 14.9. The Bertz CT molecular complexity index is 631. The predicted octanol–water partition coefficient (Wildman–Crippen LogP) is 3.19. The van der Waals surface area contributed by atoms with E-state index in [2.05, 4.69) is 37.0 Å². The SMILES string of the molecule is CN(C)CCn1ncc(Br)c1C(O)c1ccc(Br)cc1F. The fourth-order valence-electron chi connectivity index (χ4n) is 1.99. The first-order valence-corrected chi connectivity index (χ1v) is 7.97. The third-order valence-corrected chi connectivity index (χ3v) is 4.21. The molecule has 2 rings (SSSR count). The van der Waals surface area contributed by atoms with Crippen molar-refractivity contribution in [1.82, 2.24) is 14.7 Å². The van der Waals surface area contributed by atoms with E-state index in [0.29, 0.717) is 21.2 Å². The highest BCUT2D eigenvalue weighted by Gasteiger charge is 2.22. The van der Waals surface area contributed by atoms with E-state index in [4.69, 9.17) is 0 Å². The van der Waals surface area contributed by atoms with Crippen LogP contribution < -0.4 is 0 Å². The molecular weight excluding hydrogens is 405 g/mol. The smallest absolute Gasteiger partial charge is 0.130 e. The van der Waals surface area contributed by atoms with Crippen LogP contribution in [0.15, 0.2) is 33.3 Å². The number of nitrogens with zero attached hydrogens (tertiary/aromatic N) is 3. The summed E-state index contributed by atoms with van der Waals surface area (Å²) >= 11 is 6.58. The first-order valence-electron chi connectivity index (χ1n) is 6.39. The number of aromatic nitrogens is 2. The highest BCUT2D eigenvalue weighted by atomic mass is 79.9. The lowest BCUT2D eigenvalue weighted by Crippen LogP contribution is -2.21. The van der Waals surface area contributed by atoms with Crippen LogP contribution in [0.25, 0.3) is 0 Å². The van der Waals surface area contributed by atoms with Crippen LogP contribution in [0.4, 0.5) is 4.39 Å². The summed E-state index contributed by atoms with van der Waals surface area (Å²) in [7, 11) is 3.92. The van der Waals surface area contributed by atoms with Crippen LogP contribution in [0.2, 0.25) is 0 Å². The molecule has 0 aliphatic carbocycles. The monoisotopic (exact) mass is 419 g/mol. The first kappa shape index (κ1) is 16.6. The molecule has 1 aromatic carbocycles. The molecule has 0 amide bonds. The third-order valence-electron chi connectivity index (χ3n) is 3.11. The van der Waals surface area contributed by atoms with Crippen molar-refractivity contribution in [2.24, 2.45) is 0 Å². The summed E-state index contributed by atoms with van der Waals surface area (Å²) in [4.78, 5) is 2.02. The van der Waals surface area contributed by atoms with Gasteiger partial charge in [0.05, 0.1) is 22.9 Å². The van der Waals surface area contributed by atoms with Crippen molar-refractivity contribution in [3.8, 4) is 0 Å². The Labute approximate surface area is 139 Å². The average molecular weight is 421 g/mol. The Balaban J connectivity index is 2.34. The highest BCUT2D eigenvalue weighted by molar-refractivity contribution is 9.10. The predicted molar refractivity (Wildman–Crippen MR) is 86.6 cm³/mol. The number of hydrogen-bond acceptors (Lipinski definition) is 3. The Hall–Kier alpha value is -0.760. The Morgan fingerprint density at radius 1 is 1.38 bits per heavy atom. The van der Waals surface area contributed by atoms with Crippen molar-refractivity contribution < 1.29 is 9.50 Å². The number of rotatable bonds is 5. The molecule has 114 valence electrons. The van der Waals surface area contributed by atoms with E-state index in [1.807, 2.05) is 19.0 Å². The molecule has 0 fully saturated rings. The summed E-state index contributed by atoms with van der Waals surface area (Å²) in [5.74, 6) is -0.455. The van der Waals surface area contributed by atoms with Gasteiger partial charge in [-0.05, 0) is 42.2 Å². The Kier molecular flexibility index (Phi) is 5.54. The van der Waals surface area contributed by atoms with Crippen molar-refractivity contribution in [3.05, 3.63) is 50.4 Å². The molecule has 1 N–H and O–H groups in total. The summed E-state index contributed by atoms with van der Waals surface area (Å²) in [6.07, 6.45) is 0.544. The van der Waals surface area contributed by atoms with Gasteiger partial charge in [0.1, 0.15) is 11.9 Å². The number of benzene rings is 1. The van der Waals surface area contributed by atoms with Gasteiger partial charge in [-0.1, -0.05) is 22.0 Å². The largest absolute Gasteiger partial charge is 0.382 e. The van der Waals surface area contributed by atoms with Crippen molar-refractivity contribution >= 4 is 31.9 Å². The Morgan fingerprint density at radius 3 is 2.71 bits per heavy atom. The van der Waals surface area contributed by atoms with Gasteiger partial charge in [0.2, 0.25) is 0 Å². The quantitative estimate of drug-likeness (QED) is 0.807. The molecule has 1 aromatic heterocycles. The molecule has 0 aliphatic rings. The van der Waals surface area contributed by atoms with E-state index in [9.17, 15) is 9.50 Å². The van der Waals surface area contributed by atoms with Gasteiger partial charge in [0.25, 0.3) is 0 Å². The second-order valence-electron chi connectivity index (χ2n) is 4.97. The topological polar surface area (TPSA) is 41.3 Å². The fourth-order valence-corrected chi connectivity index (χ4v) is 2.83. The molecule has 1 heterocycles. The highest BCUT2D eigenvalue weighted by Crippen LogP contribution is 2.31. The summed E-state index contributed by atoms with van der Waals surface area (Å²) in [5, 5.41) is 14.8. The molecule has 4 nitrogen and oxygen atoms in total. The van der Waals surface area contributed by atoms with Gasteiger partial charge < -0.3 is 10.0 Å². The minimum Gasteiger partial charge on any atom is -0.382 e. The number of halogens is 3. The van der Waals surface area contributed by atoms with Gasteiger partial charge in [-0.3, -0.25) is 4.68 Å². The second-order valence-corrected chi connectivity index (χ2v) is 6.74. The number of likely N-dealkylation sites (N-methyl/N-ethyl adjacent to an activating group) is 1. The normalized spacial score (nSPS) is 12.9. The zero-order chi connectivity index (χ0) is 15.6. The molecule has 0 saturated carbocycles. The minimum absolute atomic E-state index is 0.227. The molecule has 1 unspecified atom stereocenters. The number of hydrogen-bond donors (Lipinski definition) is 1. The molecule has 0 saturated heterocycles. The Morgan fingerprint density at radius 2 is 2.10 bits per heavy atom. The standard InChI is InChI=1S/C14H16Br2FN3O/c1-19(2)5-6-20-13(11(16)8-18-20)14(21)10-4-3-9(15)7-12(10)17/h3-4,7-8,14,21H,5-6H2,1-2H3. The van der Waals surface area contributed by atoms with Gasteiger partial charge in [-0.15, -0.1) is 0 Å². The molecule has 1 atom stereocenters. The van der Waals surface area contributed by atoms with Gasteiger partial charge in [-0.2, -0.15) is 5.10 Å². The maximum atomic E-state index is 14.0. The molecule has 0 bridgehead atoms. The van der Waals surface area contributed by atoms with Crippen LogP contribution in [-0.4, -0.2) is 40.4 Å². The molecule has 21 heavy (non-hydrogen) atoms. The first-order chi connectivity index (χ1) is 9.90. The molecule has 0 aliphatic heterocycles. The van der Waals surface area contributed by atoms with E-state index < -0.39 is 11.9 Å². The maximum Gasteiger partial charge on any atom is 0.130 e. The van der Waals surface area contributed by atoms with Crippen LogP contribution in [0.1, 0.15) is 17.4 Å². The summed E-state index contributed by atoms with van der Waals surface area (Å²) in [6, 6.07) is 4.61. The lowest BCUT2D eigenvalue weighted by Gasteiger charge is -2.17. The van der Waals surface area contributed by atoms with E-state index in [0.717, 1.165) is 6.54 Å². The third kappa shape index (κ3) is 3.91. The van der Waals surface area contributed by atoms with E-state index in [-0.39, 0.29) is 5.56 Å². The molecule has 0 spiro atoms. The summed E-state index contributed by atoms with van der Waals surface area (Å²) < 4.78 is 17.0. The molecule has 2 aromatic rings. The van der Waals surface area contributed by atoms with E-state index >= 15 is 0 Å². The number of aliphatic hydroxyl groups is 1. The van der Waals surface area contributed by atoms with E-state index in [1.165, 1.54) is 6.07 Å². The van der Waals surface area contributed by atoms with Gasteiger partial charge in [0, 0.05) is 16.6 Å². The van der Waals surface area contributed by atoms with Gasteiger partial charge in [-0.25, -0.2) is 4.39 Å². The van der Waals surface area contributed by atoms with Crippen molar-refractivity contribution in [1.29, 1.82) is 0 Å². The molecule has 7 heteroatoms. The second kappa shape index (κ2) is 7.00. The summed E-state index contributed by atoms with van der Waals surface area (Å²) in [5.41, 5.74) is 0.781. The molecular formula is C14H16Br2FN3O. The van der Waals surface area contributed by atoms with Crippen LogP contribution in [0.3, 0.4) is 0 Å². The summed E-state index contributed by atoms with van der Waals surface area (Å²) in [6.45, 7) is 1.39. The zero-order valence-electron chi connectivity index (χ0n) is 11.7. The van der Waals surface area contributed by atoms with Crippen LogP contribution >= 0.6 is 31.9 Å². The van der Waals surface area contributed by atoms with Gasteiger partial charge in [0.15, 0.2) is 0 Å². The van der Waals surface area contributed by atoms with Crippen molar-refractivity contribution in [2.75, 3.05) is 20.6 Å². The van der Waals surface area contributed by atoms with E-state index in [1.54, 1.807) is 23.0 Å². The average Bonchev–Trinajstić information content (AvgIpc) is 2.77.